The molecule has 0 atom stereocenters. The number of aromatic hydroxyl groups is 1. The zero-order chi connectivity index (χ0) is 22.8. The molecule has 3 rings (SSSR count). The van der Waals surface area contributed by atoms with Gasteiger partial charge < -0.3 is 20.2 Å². The van der Waals surface area contributed by atoms with Crippen molar-refractivity contribution in [1.82, 2.24) is 30.4 Å². The Labute approximate surface area is 177 Å². The minimum atomic E-state index is -1.10. The van der Waals surface area contributed by atoms with Gasteiger partial charge in [-0.15, -0.1) is 10.2 Å². The number of benzene rings is 1. The van der Waals surface area contributed by atoms with Gasteiger partial charge in [-0.25, -0.2) is 9.37 Å². The number of rotatable bonds is 7. The average Bonchev–Trinajstić information content (AvgIpc) is 3.15. The van der Waals surface area contributed by atoms with Gasteiger partial charge in [0.05, 0.1) is 5.54 Å². The molecule has 0 aliphatic heterocycles. The molecule has 1 aromatic carbocycles. The van der Waals surface area contributed by atoms with E-state index >= 15 is 0 Å². The van der Waals surface area contributed by atoms with Crippen LogP contribution in [0.25, 0.3) is 0 Å². The SMILES string of the molecule is Cc1nnc(C(=O)NC(C)(C)c2nc(CNCc3ccc(F)cc3)c(O)c(=O)n2C)o1. The number of hydrogen-bond donors (Lipinski definition) is 3. The summed E-state index contributed by atoms with van der Waals surface area (Å²) >= 11 is 0. The molecule has 0 unspecified atom stereocenters. The largest absolute Gasteiger partial charge is 0.502 e. The van der Waals surface area contributed by atoms with Crippen molar-refractivity contribution in [2.24, 2.45) is 7.05 Å². The van der Waals surface area contributed by atoms with Gasteiger partial charge in [0.25, 0.3) is 5.56 Å². The standard InChI is InChI=1S/C20H23FN6O4/c1-11-25-26-17(31-11)16(29)24-20(2,3)19-23-14(15(28)18(30)27(19)4)10-22-9-12-5-7-13(21)8-6-12/h5-8,22,28H,9-10H2,1-4H3,(H,24,29). The van der Waals surface area contributed by atoms with Crippen molar-refractivity contribution in [3.8, 4) is 5.75 Å². The van der Waals surface area contributed by atoms with Crippen LogP contribution in [-0.4, -0.2) is 30.8 Å². The van der Waals surface area contributed by atoms with Gasteiger partial charge in [0, 0.05) is 27.1 Å². The van der Waals surface area contributed by atoms with Gasteiger partial charge in [-0.1, -0.05) is 12.1 Å². The van der Waals surface area contributed by atoms with Crippen LogP contribution in [0.2, 0.25) is 0 Å². The summed E-state index contributed by atoms with van der Waals surface area (Å²) in [6, 6.07) is 5.95. The summed E-state index contributed by atoms with van der Waals surface area (Å²) < 4.78 is 19.3. The van der Waals surface area contributed by atoms with Crippen molar-refractivity contribution in [3.63, 3.8) is 0 Å². The first kappa shape index (κ1) is 22.1. The molecule has 1 amide bonds. The third-order valence-electron chi connectivity index (χ3n) is 4.58. The Morgan fingerprint density at radius 1 is 1.23 bits per heavy atom. The molecule has 0 aliphatic carbocycles. The van der Waals surface area contributed by atoms with Crippen LogP contribution in [0.4, 0.5) is 4.39 Å². The first-order valence-corrected chi connectivity index (χ1v) is 9.45. The second-order valence-electron chi connectivity index (χ2n) is 7.53. The summed E-state index contributed by atoms with van der Waals surface area (Å²) in [5.41, 5.74) is -0.810. The molecule has 3 aromatic rings. The van der Waals surface area contributed by atoms with Gasteiger partial charge in [-0.05, 0) is 31.5 Å². The minimum Gasteiger partial charge on any atom is -0.502 e. The van der Waals surface area contributed by atoms with Crippen LogP contribution < -0.4 is 16.2 Å². The Bertz CT molecular complexity index is 1150. The molecule has 0 aliphatic rings. The lowest BCUT2D eigenvalue weighted by atomic mass is 10.0. The van der Waals surface area contributed by atoms with Gasteiger partial charge in [-0.3, -0.25) is 14.2 Å². The second kappa shape index (κ2) is 8.64. The zero-order valence-corrected chi connectivity index (χ0v) is 17.6. The molecular weight excluding hydrogens is 407 g/mol. The molecule has 0 bridgehead atoms. The lowest BCUT2D eigenvalue weighted by Crippen LogP contribution is -2.45. The van der Waals surface area contributed by atoms with Gasteiger partial charge >= 0.3 is 11.8 Å². The normalized spacial score (nSPS) is 11.5. The van der Waals surface area contributed by atoms with Crippen molar-refractivity contribution in [2.75, 3.05) is 0 Å². The third kappa shape index (κ3) is 4.94. The number of nitrogens with zero attached hydrogens (tertiary/aromatic N) is 4. The van der Waals surface area contributed by atoms with Crippen LogP contribution in [0.1, 0.15) is 47.5 Å². The number of halogens is 1. The highest BCUT2D eigenvalue weighted by molar-refractivity contribution is 5.89. The number of carbonyl (C=O) groups excluding carboxylic acids is 1. The smallest absolute Gasteiger partial charge is 0.309 e. The van der Waals surface area contributed by atoms with E-state index in [1.54, 1.807) is 32.9 Å². The van der Waals surface area contributed by atoms with Crippen molar-refractivity contribution in [2.45, 2.75) is 39.4 Å². The molecule has 0 spiro atoms. The molecule has 11 heteroatoms. The highest BCUT2D eigenvalue weighted by Crippen LogP contribution is 2.20. The van der Waals surface area contributed by atoms with E-state index in [1.807, 2.05) is 0 Å². The molecule has 0 radical (unpaired) electrons. The van der Waals surface area contributed by atoms with Crippen LogP contribution in [0.5, 0.6) is 5.75 Å². The van der Waals surface area contributed by atoms with E-state index in [0.29, 0.717) is 6.54 Å². The van der Waals surface area contributed by atoms with Crippen LogP contribution in [0, 0.1) is 12.7 Å². The fourth-order valence-corrected chi connectivity index (χ4v) is 3.03. The number of amides is 1. The molecule has 0 saturated heterocycles. The van der Waals surface area contributed by atoms with E-state index in [2.05, 4.69) is 25.8 Å². The lowest BCUT2D eigenvalue weighted by Gasteiger charge is -2.27. The summed E-state index contributed by atoms with van der Waals surface area (Å²) in [6.45, 7) is 5.33. The van der Waals surface area contributed by atoms with Crippen LogP contribution >= 0.6 is 0 Å². The molecule has 0 fully saturated rings. The second-order valence-corrected chi connectivity index (χ2v) is 7.53. The van der Waals surface area contributed by atoms with Gasteiger partial charge in [0.2, 0.25) is 11.6 Å². The maximum Gasteiger partial charge on any atom is 0.309 e. The van der Waals surface area contributed by atoms with Crippen molar-refractivity contribution in [1.29, 1.82) is 0 Å². The number of aromatic nitrogens is 4. The molecule has 10 nitrogen and oxygen atoms in total. The third-order valence-corrected chi connectivity index (χ3v) is 4.58. The number of aryl methyl sites for hydroxylation is 1. The Morgan fingerprint density at radius 3 is 2.52 bits per heavy atom. The van der Waals surface area contributed by atoms with E-state index < -0.39 is 22.8 Å². The van der Waals surface area contributed by atoms with Gasteiger partial charge in [0.1, 0.15) is 17.3 Å². The first-order chi connectivity index (χ1) is 14.6. The maximum atomic E-state index is 13.0. The number of carbonyl (C=O) groups is 1. The van der Waals surface area contributed by atoms with Crippen LogP contribution in [0.15, 0.2) is 33.5 Å². The van der Waals surface area contributed by atoms with Crippen LogP contribution in [-0.2, 0) is 25.7 Å². The molecule has 3 N–H and O–H groups in total. The predicted octanol–water partition coefficient (Wildman–Crippen LogP) is 1.27. The Hall–Kier alpha value is -3.60. The lowest BCUT2D eigenvalue weighted by molar-refractivity contribution is 0.0869. The number of hydrogen-bond acceptors (Lipinski definition) is 8. The molecule has 0 saturated carbocycles. The molecular formula is C20H23FN6O4. The Kier molecular flexibility index (Phi) is 6.16. The van der Waals surface area contributed by atoms with E-state index in [0.717, 1.165) is 10.1 Å². The molecule has 164 valence electrons. The summed E-state index contributed by atoms with van der Waals surface area (Å²) in [5.74, 6) is -1.20. The molecule has 31 heavy (non-hydrogen) atoms. The van der Waals surface area contributed by atoms with Crippen molar-refractivity contribution in [3.05, 3.63) is 69.3 Å². The highest BCUT2D eigenvalue weighted by atomic mass is 19.1. The highest BCUT2D eigenvalue weighted by Gasteiger charge is 2.31. The monoisotopic (exact) mass is 430 g/mol. The Morgan fingerprint density at radius 2 is 1.90 bits per heavy atom. The molecule has 2 aromatic heterocycles. The van der Waals surface area contributed by atoms with Gasteiger partial charge in [-0.2, -0.15) is 0 Å². The van der Waals surface area contributed by atoms with Crippen molar-refractivity contribution < 1.29 is 18.7 Å². The average molecular weight is 430 g/mol. The van der Waals surface area contributed by atoms with Crippen molar-refractivity contribution >= 4 is 5.91 Å². The van der Waals surface area contributed by atoms with Gasteiger partial charge in [0.15, 0.2) is 0 Å². The fourth-order valence-electron chi connectivity index (χ4n) is 3.03. The molecule has 2 heterocycles. The van der Waals surface area contributed by atoms with E-state index in [9.17, 15) is 19.1 Å². The summed E-state index contributed by atoms with van der Waals surface area (Å²) in [7, 11) is 1.45. The summed E-state index contributed by atoms with van der Waals surface area (Å²) in [5, 5.41) is 23.3. The van der Waals surface area contributed by atoms with E-state index in [4.69, 9.17) is 4.42 Å². The van der Waals surface area contributed by atoms with E-state index in [-0.39, 0.29) is 35.7 Å². The quantitative estimate of drug-likeness (QED) is 0.510. The Balaban J connectivity index is 1.81. The zero-order valence-electron chi connectivity index (χ0n) is 17.6. The predicted molar refractivity (Wildman–Crippen MR) is 108 cm³/mol. The fraction of sp³-hybridized carbons (Fsp3) is 0.350. The maximum absolute atomic E-state index is 13.0. The van der Waals surface area contributed by atoms with E-state index in [1.165, 1.54) is 19.2 Å². The van der Waals surface area contributed by atoms with Crippen LogP contribution in [0.3, 0.4) is 0 Å². The summed E-state index contributed by atoms with van der Waals surface area (Å²) in [6.07, 6.45) is 0. The first-order valence-electron chi connectivity index (χ1n) is 9.45. The summed E-state index contributed by atoms with van der Waals surface area (Å²) in [4.78, 5) is 29.4. The number of nitrogens with one attached hydrogen (secondary N) is 2. The topological polar surface area (TPSA) is 135 Å². The minimum absolute atomic E-state index is 0.0825.